The normalized spacial score (nSPS) is 11.0. The average Bonchev–Trinajstić information content (AvgIpc) is 2.92. The second kappa shape index (κ2) is 7.74. The van der Waals surface area contributed by atoms with Gasteiger partial charge in [0.25, 0.3) is 5.56 Å². The molecule has 0 radical (unpaired) electrons. The van der Waals surface area contributed by atoms with Crippen LogP contribution in [-0.2, 0) is 11.3 Å². The molecule has 23 heavy (non-hydrogen) atoms. The first-order chi connectivity index (χ1) is 10.8. The molecular formula is C15H20N4O2S2. The Balaban J connectivity index is 1.90. The van der Waals surface area contributed by atoms with E-state index in [2.05, 4.69) is 28.8 Å². The van der Waals surface area contributed by atoms with Crippen LogP contribution in [-0.4, -0.2) is 38.6 Å². The quantitative estimate of drug-likeness (QED) is 0.638. The van der Waals surface area contributed by atoms with Crippen molar-refractivity contribution in [2.45, 2.75) is 38.4 Å². The Kier molecular flexibility index (Phi) is 5.95. The Hall–Kier alpha value is -1.67. The molecule has 0 saturated carbocycles. The molecule has 0 atom stereocenters. The molecule has 2 aromatic heterocycles. The summed E-state index contributed by atoms with van der Waals surface area (Å²) in [6, 6.07) is 1.42. The van der Waals surface area contributed by atoms with Gasteiger partial charge in [-0.1, -0.05) is 25.6 Å². The maximum absolute atomic E-state index is 12.2. The highest BCUT2D eigenvalue weighted by Gasteiger charge is 2.13. The third kappa shape index (κ3) is 5.18. The van der Waals surface area contributed by atoms with Crippen molar-refractivity contribution in [2.24, 2.45) is 0 Å². The molecule has 0 saturated heterocycles. The van der Waals surface area contributed by atoms with Gasteiger partial charge in [-0.25, -0.2) is 9.97 Å². The molecule has 0 aliphatic carbocycles. The van der Waals surface area contributed by atoms with E-state index >= 15 is 0 Å². The van der Waals surface area contributed by atoms with Gasteiger partial charge in [0.1, 0.15) is 0 Å². The van der Waals surface area contributed by atoms with Gasteiger partial charge in [-0.15, -0.1) is 11.3 Å². The third-order valence-corrected chi connectivity index (χ3v) is 5.12. The molecule has 0 unspecified atom stereocenters. The van der Waals surface area contributed by atoms with Crippen molar-refractivity contribution in [1.82, 2.24) is 19.9 Å². The standard InChI is InChI=1S/C15H20N4O2S2/c1-9(2)14-17-11(7-22-14)6-19(4)13(21)8-23-15-16-10(3)5-12(20)18-15/h5,7,9H,6,8H2,1-4H3,(H,16,18,20). The summed E-state index contributed by atoms with van der Waals surface area (Å²) in [7, 11) is 1.75. The number of thiazole rings is 1. The summed E-state index contributed by atoms with van der Waals surface area (Å²) >= 11 is 2.85. The molecule has 1 amide bonds. The van der Waals surface area contributed by atoms with Gasteiger partial charge in [-0.3, -0.25) is 9.59 Å². The van der Waals surface area contributed by atoms with Crippen LogP contribution < -0.4 is 5.56 Å². The zero-order valence-electron chi connectivity index (χ0n) is 13.6. The van der Waals surface area contributed by atoms with Gasteiger partial charge < -0.3 is 9.88 Å². The number of aromatic nitrogens is 3. The van der Waals surface area contributed by atoms with Crippen molar-refractivity contribution in [2.75, 3.05) is 12.8 Å². The summed E-state index contributed by atoms with van der Waals surface area (Å²) in [5.74, 6) is 0.595. The van der Waals surface area contributed by atoms with Crippen LogP contribution in [0.2, 0.25) is 0 Å². The second-order valence-electron chi connectivity index (χ2n) is 5.56. The van der Waals surface area contributed by atoms with Gasteiger partial charge in [0.15, 0.2) is 5.16 Å². The van der Waals surface area contributed by atoms with E-state index in [-0.39, 0.29) is 17.2 Å². The number of aromatic amines is 1. The zero-order valence-corrected chi connectivity index (χ0v) is 15.3. The van der Waals surface area contributed by atoms with Crippen LogP contribution in [0.15, 0.2) is 21.4 Å². The fraction of sp³-hybridized carbons (Fsp3) is 0.467. The summed E-state index contributed by atoms with van der Waals surface area (Å²) < 4.78 is 0. The van der Waals surface area contributed by atoms with Crippen molar-refractivity contribution >= 4 is 29.0 Å². The highest BCUT2D eigenvalue weighted by atomic mass is 32.2. The Morgan fingerprint density at radius 1 is 1.43 bits per heavy atom. The number of hydrogen-bond acceptors (Lipinski definition) is 6. The fourth-order valence-electron chi connectivity index (χ4n) is 1.85. The molecule has 1 N–H and O–H groups in total. The average molecular weight is 352 g/mol. The summed E-state index contributed by atoms with van der Waals surface area (Å²) in [6.45, 7) is 6.44. The Morgan fingerprint density at radius 3 is 2.78 bits per heavy atom. The lowest BCUT2D eigenvalue weighted by molar-refractivity contribution is -0.127. The molecule has 124 valence electrons. The molecule has 2 aromatic rings. The minimum Gasteiger partial charge on any atom is -0.339 e. The van der Waals surface area contributed by atoms with E-state index in [1.807, 2.05) is 5.38 Å². The lowest BCUT2D eigenvalue weighted by Crippen LogP contribution is -2.28. The molecule has 0 spiro atoms. The first kappa shape index (κ1) is 17.7. The molecule has 0 bridgehead atoms. The van der Waals surface area contributed by atoms with Crippen molar-refractivity contribution in [3.8, 4) is 0 Å². The van der Waals surface area contributed by atoms with E-state index < -0.39 is 0 Å². The van der Waals surface area contributed by atoms with E-state index in [1.165, 1.54) is 17.8 Å². The Morgan fingerprint density at radius 2 is 2.17 bits per heavy atom. The molecule has 2 rings (SSSR count). The third-order valence-electron chi connectivity index (χ3n) is 3.07. The molecule has 0 fully saturated rings. The Labute approximate surface area is 143 Å². The smallest absolute Gasteiger partial charge is 0.251 e. The van der Waals surface area contributed by atoms with Crippen molar-refractivity contribution in [3.05, 3.63) is 38.2 Å². The monoisotopic (exact) mass is 352 g/mol. The summed E-state index contributed by atoms with van der Waals surface area (Å²) in [5.41, 5.74) is 1.34. The number of rotatable bonds is 6. The maximum Gasteiger partial charge on any atom is 0.251 e. The number of aryl methyl sites for hydroxylation is 1. The Bertz CT molecular complexity index is 739. The van der Waals surface area contributed by atoms with Gasteiger partial charge in [0.05, 0.1) is 23.0 Å². The first-order valence-corrected chi connectivity index (χ1v) is 9.10. The van der Waals surface area contributed by atoms with Crippen molar-refractivity contribution in [1.29, 1.82) is 0 Å². The fourth-order valence-corrected chi connectivity index (χ4v) is 3.54. The molecule has 8 heteroatoms. The van der Waals surface area contributed by atoms with Crippen LogP contribution in [0.1, 0.15) is 36.2 Å². The maximum atomic E-state index is 12.2. The van der Waals surface area contributed by atoms with E-state index in [1.54, 1.807) is 30.2 Å². The number of nitrogens with one attached hydrogen (secondary N) is 1. The van der Waals surface area contributed by atoms with Crippen LogP contribution in [0, 0.1) is 6.92 Å². The van der Waals surface area contributed by atoms with E-state index in [9.17, 15) is 9.59 Å². The number of carbonyl (C=O) groups excluding carboxylic acids is 1. The number of nitrogens with zero attached hydrogens (tertiary/aromatic N) is 3. The number of hydrogen-bond donors (Lipinski definition) is 1. The molecule has 0 aliphatic heterocycles. The lowest BCUT2D eigenvalue weighted by Gasteiger charge is -2.15. The van der Waals surface area contributed by atoms with Gasteiger partial charge in [0, 0.05) is 30.1 Å². The largest absolute Gasteiger partial charge is 0.339 e. The predicted octanol–water partition coefficient (Wildman–Crippen LogP) is 2.41. The van der Waals surface area contributed by atoms with Gasteiger partial charge in [0.2, 0.25) is 5.91 Å². The second-order valence-corrected chi connectivity index (χ2v) is 7.42. The summed E-state index contributed by atoms with van der Waals surface area (Å²) in [6.07, 6.45) is 0. The van der Waals surface area contributed by atoms with Crippen LogP contribution in [0.25, 0.3) is 0 Å². The van der Waals surface area contributed by atoms with Gasteiger partial charge >= 0.3 is 0 Å². The molecule has 0 aliphatic rings. The zero-order chi connectivity index (χ0) is 17.0. The summed E-state index contributed by atoms with van der Waals surface area (Å²) in [5, 5.41) is 3.54. The summed E-state index contributed by atoms with van der Waals surface area (Å²) in [4.78, 5) is 36.6. The van der Waals surface area contributed by atoms with Crippen LogP contribution in [0.4, 0.5) is 0 Å². The van der Waals surface area contributed by atoms with E-state index in [4.69, 9.17) is 0 Å². The minimum absolute atomic E-state index is 0.0294. The first-order valence-electron chi connectivity index (χ1n) is 7.24. The SMILES string of the molecule is Cc1cc(=O)[nH]c(SCC(=O)N(C)Cc2csc(C(C)C)n2)n1. The molecular weight excluding hydrogens is 332 g/mol. The van der Waals surface area contributed by atoms with Gasteiger partial charge in [-0.2, -0.15) is 0 Å². The number of H-pyrrole nitrogens is 1. The van der Waals surface area contributed by atoms with Crippen LogP contribution >= 0.6 is 23.1 Å². The molecule has 2 heterocycles. The highest BCUT2D eigenvalue weighted by Crippen LogP contribution is 2.20. The highest BCUT2D eigenvalue weighted by molar-refractivity contribution is 7.99. The van der Waals surface area contributed by atoms with E-state index in [0.29, 0.717) is 23.3 Å². The molecule has 6 nitrogen and oxygen atoms in total. The van der Waals surface area contributed by atoms with Gasteiger partial charge in [-0.05, 0) is 6.92 Å². The lowest BCUT2D eigenvalue weighted by atomic mass is 10.2. The van der Waals surface area contributed by atoms with Crippen LogP contribution in [0.5, 0.6) is 0 Å². The predicted molar refractivity (Wildman–Crippen MR) is 93.0 cm³/mol. The van der Waals surface area contributed by atoms with Crippen molar-refractivity contribution in [3.63, 3.8) is 0 Å². The molecule has 0 aromatic carbocycles. The number of carbonyl (C=O) groups is 1. The van der Waals surface area contributed by atoms with Crippen molar-refractivity contribution < 1.29 is 4.79 Å². The van der Waals surface area contributed by atoms with Crippen LogP contribution in [0.3, 0.4) is 0 Å². The topological polar surface area (TPSA) is 79.0 Å². The number of amides is 1. The van der Waals surface area contributed by atoms with E-state index in [0.717, 1.165) is 10.7 Å². The number of thioether (sulfide) groups is 1. The minimum atomic E-state index is -0.204.